The Kier molecular flexibility index (Phi) is 6.53. The zero-order valence-electron chi connectivity index (χ0n) is 14.8. The Morgan fingerprint density at radius 1 is 1.15 bits per heavy atom. The summed E-state index contributed by atoms with van der Waals surface area (Å²) in [6.07, 6.45) is 3.51. The zero-order chi connectivity index (χ0) is 18.4. The van der Waals surface area contributed by atoms with Crippen LogP contribution in [-0.2, 0) is 6.42 Å². The van der Waals surface area contributed by atoms with Crippen molar-refractivity contribution in [3.05, 3.63) is 70.7 Å². The fraction of sp³-hybridized carbons (Fsp3) is 0.381. The molecule has 0 radical (unpaired) electrons. The normalized spacial score (nSPS) is 20.1. The monoisotopic (exact) mass is 371 g/mol. The Morgan fingerprint density at radius 2 is 1.92 bits per heavy atom. The van der Waals surface area contributed by atoms with E-state index in [9.17, 15) is 4.79 Å². The van der Waals surface area contributed by atoms with Crippen LogP contribution < -0.4 is 16.4 Å². The molecule has 1 aliphatic rings. The molecule has 26 heavy (non-hydrogen) atoms. The van der Waals surface area contributed by atoms with Gasteiger partial charge in [0.15, 0.2) is 0 Å². The Labute approximate surface area is 160 Å². The fourth-order valence-corrected chi connectivity index (χ4v) is 3.59. The minimum atomic E-state index is -0.105. The first-order valence-corrected chi connectivity index (χ1v) is 9.57. The van der Waals surface area contributed by atoms with E-state index < -0.39 is 0 Å². The summed E-state index contributed by atoms with van der Waals surface area (Å²) in [6, 6.07) is 18.3. The summed E-state index contributed by atoms with van der Waals surface area (Å²) in [6.45, 7) is 0.588. The highest BCUT2D eigenvalue weighted by Gasteiger charge is 2.31. The van der Waals surface area contributed by atoms with Crippen molar-refractivity contribution in [2.75, 3.05) is 6.54 Å². The third-order valence-electron chi connectivity index (χ3n) is 4.93. The van der Waals surface area contributed by atoms with Gasteiger partial charge in [0.1, 0.15) is 0 Å². The number of amides is 2. The lowest BCUT2D eigenvalue weighted by Gasteiger charge is -2.36. The summed E-state index contributed by atoms with van der Waals surface area (Å²) in [5, 5.41) is 6.71. The lowest BCUT2D eigenvalue weighted by atomic mass is 9.76. The largest absolute Gasteiger partial charge is 0.338 e. The van der Waals surface area contributed by atoms with Crippen molar-refractivity contribution in [3.8, 4) is 0 Å². The summed E-state index contributed by atoms with van der Waals surface area (Å²) < 4.78 is 0. The Morgan fingerprint density at radius 3 is 2.65 bits per heavy atom. The van der Waals surface area contributed by atoms with Crippen molar-refractivity contribution in [1.82, 2.24) is 10.6 Å². The number of benzene rings is 2. The standard InChI is InChI=1S/C21H26ClN3O/c22-18-8-4-7-16(12-18)17-13-20(14-17)25-21(26)24-10-9-19(23)11-15-5-2-1-3-6-15/h1-8,12,17,19-20H,9-11,13-14,23H2,(H2,24,25,26). The number of hydrogen-bond donors (Lipinski definition) is 3. The minimum absolute atomic E-state index is 0.0496. The van der Waals surface area contributed by atoms with Gasteiger partial charge in [-0.15, -0.1) is 0 Å². The Bertz CT molecular complexity index is 716. The van der Waals surface area contributed by atoms with E-state index in [0.29, 0.717) is 12.5 Å². The molecular weight excluding hydrogens is 346 g/mol. The van der Waals surface area contributed by atoms with Crippen LogP contribution in [-0.4, -0.2) is 24.7 Å². The second-order valence-corrected chi connectivity index (χ2v) is 7.50. The SMILES string of the molecule is NC(CCNC(=O)NC1CC(c2cccc(Cl)c2)C1)Cc1ccccc1. The highest BCUT2D eigenvalue weighted by molar-refractivity contribution is 6.30. The van der Waals surface area contributed by atoms with Crippen molar-refractivity contribution in [2.24, 2.45) is 5.73 Å². The van der Waals surface area contributed by atoms with E-state index in [1.54, 1.807) is 0 Å². The van der Waals surface area contributed by atoms with E-state index in [4.69, 9.17) is 17.3 Å². The molecule has 1 fully saturated rings. The molecule has 0 aliphatic heterocycles. The van der Waals surface area contributed by atoms with E-state index in [0.717, 1.165) is 30.7 Å². The zero-order valence-corrected chi connectivity index (χ0v) is 15.6. The number of halogens is 1. The third-order valence-corrected chi connectivity index (χ3v) is 5.17. The molecule has 3 rings (SSSR count). The molecular formula is C21H26ClN3O. The topological polar surface area (TPSA) is 67.1 Å². The van der Waals surface area contributed by atoms with Crippen molar-refractivity contribution in [2.45, 2.75) is 43.7 Å². The maximum absolute atomic E-state index is 12.0. The predicted octanol–water partition coefficient (Wildman–Crippen LogP) is 3.85. The van der Waals surface area contributed by atoms with Crippen molar-refractivity contribution >= 4 is 17.6 Å². The molecule has 1 atom stereocenters. The minimum Gasteiger partial charge on any atom is -0.338 e. The first kappa shape index (κ1) is 18.7. The lowest BCUT2D eigenvalue weighted by Crippen LogP contribution is -2.48. The fourth-order valence-electron chi connectivity index (χ4n) is 3.39. The number of nitrogens with two attached hydrogens (primary N) is 1. The molecule has 5 heteroatoms. The molecule has 0 spiro atoms. The highest BCUT2D eigenvalue weighted by atomic mass is 35.5. The summed E-state index contributed by atoms with van der Waals surface area (Å²) in [5.74, 6) is 0.485. The van der Waals surface area contributed by atoms with Gasteiger partial charge in [-0.3, -0.25) is 0 Å². The summed E-state index contributed by atoms with van der Waals surface area (Å²) >= 11 is 6.03. The number of nitrogens with one attached hydrogen (secondary N) is 2. The van der Waals surface area contributed by atoms with E-state index in [-0.39, 0.29) is 18.1 Å². The molecule has 4 N–H and O–H groups in total. The van der Waals surface area contributed by atoms with Gasteiger partial charge < -0.3 is 16.4 Å². The van der Waals surface area contributed by atoms with Crippen molar-refractivity contribution in [3.63, 3.8) is 0 Å². The van der Waals surface area contributed by atoms with Gasteiger partial charge in [-0.1, -0.05) is 54.1 Å². The van der Waals surface area contributed by atoms with E-state index >= 15 is 0 Å². The van der Waals surface area contributed by atoms with Crippen LogP contribution in [0.5, 0.6) is 0 Å². The van der Waals surface area contributed by atoms with E-state index in [1.807, 2.05) is 36.4 Å². The summed E-state index contributed by atoms with van der Waals surface area (Å²) in [7, 11) is 0. The Hall–Kier alpha value is -2.04. The maximum atomic E-state index is 12.0. The summed E-state index contributed by atoms with van der Waals surface area (Å²) in [5.41, 5.74) is 8.62. The second-order valence-electron chi connectivity index (χ2n) is 7.06. The van der Waals surface area contributed by atoms with Gasteiger partial charge in [0.2, 0.25) is 0 Å². The van der Waals surface area contributed by atoms with Crippen LogP contribution in [0, 0.1) is 0 Å². The molecule has 1 saturated carbocycles. The smallest absolute Gasteiger partial charge is 0.315 e. The first-order chi connectivity index (χ1) is 12.6. The quantitative estimate of drug-likeness (QED) is 0.692. The van der Waals surface area contributed by atoms with Gasteiger partial charge in [0.25, 0.3) is 0 Å². The summed E-state index contributed by atoms with van der Waals surface area (Å²) in [4.78, 5) is 12.0. The van der Waals surface area contributed by atoms with Gasteiger partial charge in [-0.2, -0.15) is 0 Å². The molecule has 2 amide bonds. The molecule has 0 heterocycles. The van der Waals surface area contributed by atoms with Gasteiger partial charge >= 0.3 is 6.03 Å². The van der Waals surface area contributed by atoms with Crippen LogP contribution in [0.4, 0.5) is 4.79 Å². The van der Waals surface area contributed by atoms with Crippen LogP contribution in [0.3, 0.4) is 0 Å². The van der Waals surface area contributed by atoms with Gasteiger partial charge in [-0.05, 0) is 54.9 Å². The van der Waals surface area contributed by atoms with Gasteiger partial charge in [-0.25, -0.2) is 4.79 Å². The molecule has 2 aromatic rings. The van der Waals surface area contributed by atoms with E-state index in [2.05, 4.69) is 28.8 Å². The average Bonchev–Trinajstić information content (AvgIpc) is 2.58. The van der Waals surface area contributed by atoms with Gasteiger partial charge in [0.05, 0.1) is 0 Å². The number of hydrogen-bond acceptors (Lipinski definition) is 2. The third kappa shape index (κ3) is 5.48. The molecule has 0 bridgehead atoms. The number of urea groups is 1. The first-order valence-electron chi connectivity index (χ1n) is 9.19. The number of carbonyl (C=O) groups excluding carboxylic acids is 1. The predicted molar refractivity (Wildman–Crippen MR) is 106 cm³/mol. The van der Waals surface area contributed by atoms with E-state index in [1.165, 1.54) is 11.1 Å². The number of carbonyl (C=O) groups is 1. The van der Waals surface area contributed by atoms with Gasteiger partial charge in [0, 0.05) is 23.7 Å². The van der Waals surface area contributed by atoms with Crippen LogP contribution in [0.25, 0.3) is 0 Å². The molecule has 0 saturated heterocycles. The number of rotatable bonds is 7. The lowest BCUT2D eigenvalue weighted by molar-refractivity contribution is 0.222. The maximum Gasteiger partial charge on any atom is 0.315 e. The molecule has 4 nitrogen and oxygen atoms in total. The Balaban J connectivity index is 1.30. The second kappa shape index (κ2) is 9.06. The van der Waals surface area contributed by atoms with Crippen LogP contribution >= 0.6 is 11.6 Å². The highest BCUT2D eigenvalue weighted by Crippen LogP contribution is 2.37. The van der Waals surface area contributed by atoms with Crippen LogP contribution in [0.2, 0.25) is 5.02 Å². The molecule has 1 aliphatic carbocycles. The van der Waals surface area contributed by atoms with Crippen LogP contribution in [0.15, 0.2) is 54.6 Å². The van der Waals surface area contributed by atoms with Crippen molar-refractivity contribution in [1.29, 1.82) is 0 Å². The van der Waals surface area contributed by atoms with Crippen LogP contribution in [0.1, 0.15) is 36.3 Å². The molecule has 138 valence electrons. The molecule has 0 aromatic heterocycles. The molecule has 2 aromatic carbocycles. The molecule has 1 unspecified atom stereocenters. The average molecular weight is 372 g/mol. The van der Waals surface area contributed by atoms with Crippen molar-refractivity contribution < 1.29 is 4.79 Å².